The van der Waals surface area contributed by atoms with E-state index in [1.807, 2.05) is 37.3 Å². The van der Waals surface area contributed by atoms with Crippen LogP contribution in [-0.4, -0.2) is 29.1 Å². The maximum Gasteiger partial charge on any atom is 0.266 e. The first-order valence-electron chi connectivity index (χ1n) is 12.4. The fraction of sp³-hybridized carbons (Fsp3) is 0.267. The molecule has 0 radical (unpaired) electrons. The van der Waals surface area contributed by atoms with E-state index in [1.54, 1.807) is 17.0 Å². The smallest absolute Gasteiger partial charge is 0.266 e. The monoisotopic (exact) mass is 612 g/mol. The molecule has 0 spiro atoms. The van der Waals surface area contributed by atoms with Crippen molar-refractivity contribution in [2.24, 2.45) is 10.9 Å². The lowest BCUT2D eigenvalue weighted by atomic mass is 10.1. The number of aryl methyl sites for hydroxylation is 1. The van der Waals surface area contributed by atoms with Crippen molar-refractivity contribution in [2.45, 2.75) is 34.3 Å². The van der Waals surface area contributed by atoms with Gasteiger partial charge in [-0.05, 0) is 85.1 Å². The second-order valence-corrected chi connectivity index (χ2v) is 11.6. The Morgan fingerprint density at radius 1 is 1.05 bits per heavy atom. The molecular formula is C30H30BrClN2O3S. The number of carbonyl (C=O) groups excluding carboxylic acids is 1. The van der Waals surface area contributed by atoms with Gasteiger partial charge in [0, 0.05) is 16.0 Å². The Kier molecular flexibility index (Phi) is 9.58. The van der Waals surface area contributed by atoms with Crippen molar-refractivity contribution in [1.82, 2.24) is 4.90 Å². The van der Waals surface area contributed by atoms with E-state index >= 15 is 0 Å². The first-order chi connectivity index (χ1) is 18.2. The van der Waals surface area contributed by atoms with Crippen molar-refractivity contribution in [2.75, 3.05) is 13.2 Å². The molecule has 0 atom stereocenters. The van der Waals surface area contributed by atoms with Crippen LogP contribution < -0.4 is 9.47 Å². The summed E-state index contributed by atoms with van der Waals surface area (Å²) >= 11 is 11.1. The van der Waals surface area contributed by atoms with Crippen LogP contribution in [0.4, 0.5) is 5.69 Å². The summed E-state index contributed by atoms with van der Waals surface area (Å²) in [5.41, 5.74) is 3.85. The molecule has 0 aromatic heterocycles. The van der Waals surface area contributed by atoms with Crippen LogP contribution in [0.3, 0.4) is 0 Å². The minimum absolute atomic E-state index is 0.0685. The van der Waals surface area contributed by atoms with Gasteiger partial charge in [0.2, 0.25) is 0 Å². The summed E-state index contributed by atoms with van der Waals surface area (Å²) in [5, 5.41) is 1.29. The van der Waals surface area contributed by atoms with Crippen LogP contribution in [0, 0.1) is 12.8 Å². The lowest BCUT2D eigenvalue weighted by Crippen LogP contribution is -2.32. The Hall–Kier alpha value is -2.74. The molecule has 1 amide bonds. The number of aliphatic imine (C=N–C) groups is 1. The number of amidine groups is 1. The summed E-state index contributed by atoms with van der Waals surface area (Å²) in [4.78, 5) is 20.5. The summed E-state index contributed by atoms with van der Waals surface area (Å²) in [7, 11) is 0. The Morgan fingerprint density at radius 2 is 1.74 bits per heavy atom. The van der Waals surface area contributed by atoms with Gasteiger partial charge in [0.25, 0.3) is 5.91 Å². The van der Waals surface area contributed by atoms with Gasteiger partial charge in [-0.15, -0.1) is 0 Å². The van der Waals surface area contributed by atoms with Crippen LogP contribution in [0.5, 0.6) is 11.5 Å². The van der Waals surface area contributed by atoms with Gasteiger partial charge in [-0.1, -0.05) is 71.2 Å². The van der Waals surface area contributed by atoms with Crippen molar-refractivity contribution in [3.05, 3.63) is 91.8 Å². The number of ether oxygens (including phenoxy) is 2. The quantitative estimate of drug-likeness (QED) is 0.227. The molecular weight excluding hydrogens is 584 g/mol. The molecule has 198 valence electrons. The van der Waals surface area contributed by atoms with E-state index in [2.05, 4.69) is 61.0 Å². The van der Waals surface area contributed by atoms with Crippen molar-refractivity contribution in [3.63, 3.8) is 0 Å². The predicted octanol–water partition coefficient (Wildman–Crippen LogP) is 8.65. The summed E-state index contributed by atoms with van der Waals surface area (Å²) in [6.07, 6.45) is 1.88. The zero-order chi connectivity index (χ0) is 27.2. The molecule has 0 unspecified atom stereocenters. The highest BCUT2D eigenvalue weighted by Crippen LogP contribution is 2.39. The Labute approximate surface area is 242 Å². The van der Waals surface area contributed by atoms with Gasteiger partial charge in [0.15, 0.2) is 16.7 Å². The lowest BCUT2D eigenvalue weighted by molar-refractivity contribution is -0.122. The molecule has 5 nitrogen and oxygen atoms in total. The van der Waals surface area contributed by atoms with Crippen LogP contribution in [0.1, 0.15) is 37.5 Å². The van der Waals surface area contributed by atoms with Crippen LogP contribution in [-0.2, 0) is 11.4 Å². The van der Waals surface area contributed by atoms with Crippen molar-refractivity contribution >= 4 is 62.1 Å². The van der Waals surface area contributed by atoms with E-state index in [0.29, 0.717) is 46.4 Å². The van der Waals surface area contributed by atoms with Gasteiger partial charge in [0.05, 0.1) is 17.2 Å². The number of amides is 1. The summed E-state index contributed by atoms with van der Waals surface area (Å²) in [5.74, 6) is 1.48. The number of nitrogens with zero attached hydrogens (tertiary/aromatic N) is 2. The van der Waals surface area contributed by atoms with Crippen LogP contribution >= 0.6 is 39.3 Å². The standard InChI is InChI=1S/C30H30BrClN2O3S/c1-5-36-26-14-22(25(31)16-27(26)37-18-21-8-6-20(4)7-9-21)15-28-29(35)34(17-19(2)3)30(38-28)33-24-12-10-23(32)11-13-24/h6-16,19H,5,17-18H2,1-4H3/b28-15-,33-30?. The molecule has 4 rings (SSSR count). The van der Waals surface area contributed by atoms with Gasteiger partial charge in [-0.25, -0.2) is 4.99 Å². The van der Waals surface area contributed by atoms with Gasteiger partial charge in [0.1, 0.15) is 6.61 Å². The molecule has 1 fully saturated rings. The van der Waals surface area contributed by atoms with E-state index in [4.69, 9.17) is 26.1 Å². The SMILES string of the molecule is CCOc1cc(/C=C2\SC(=Nc3ccc(Cl)cc3)N(CC(C)C)C2=O)c(Br)cc1OCc1ccc(C)cc1. The number of rotatable bonds is 9. The van der Waals surface area contributed by atoms with E-state index in [-0.39, 0.29) is 11.8 Å². The molecule has 1 heterocycles. The van der Waals surface area contributed by atoms with Gasteiger partial charge >= 0.3 is 0 Å². The van der Waals surface area contributed by atoms with Gasteiger partial charge < -0.3 is 9.47 Å². The lowest BCUT2D eigenvalue weighted by Gasteiger charge is -2.17. The Bertz CT molecular complexity index is 1360. The van der Waals surface area contributed by atoms with Crippen molar-refractivity contribution in [3.8, 4) is 11.5 Å². The van der Waals surface area contributed by atoms with Crippen LogP contribution in [0.2, 0.25) is 5.02 Å². The summed E-state index contributed by atoms with van der Waals surface area (Å²) in [6, 6.07) is 19.3. The topological polar surface area (TPSA) is 51.1 Å². The van der Waals surface area contributed by atoms with E-state index in [1.165, 1.54) is 17.3 Å². The number of hydrogen-bond donors (Lipinski definition) is 0. The largest absolute Gasteiger partial charge is 0.490 e. The minimum Gasteiger partial charge on any atom is -0.490 e. The Balaban J connectivity index is 1.63. The van der Waals surface area contributed by atoms with Crippen LogP contribution in [0.25, 0.3) is 6.08 Å². The number of hydrogen-bond acceptors (Lipinski definition) is 5. The highest BCUT2D eigenvalue weighted by Gasteiger charge is 2.34. The molecule has 0 saturated carbocycles. The second kappa shape index (κ2) is 12.9. The minimum atomic E-state index is -0.0685. The fourth-order valence-electron chi connectivity index (χ4n) is 3.77. The Morgan fingerprint density at radius 3 is 2.39 bits per heavy atom. The van der Waals surface area contributed by atoms with Gasteiger partial charge in [-0.3, -0.25) is 9.69 Å². The normalized spacial score (nSPS) is 15.7. The average Bonchev–Trinajstić information content (AvgIpc) is 3.16. The zero-order valence-corrected chi connectivity index (χ0v) is 25.0. The molecule has 1 saturated heterocycles. The van der Waals surface area contributed by atoms with Crippen molar-refractivity contribution in [1.29, 1.82) is 0 Å². The zero-order valence-electron chi connectivity index (χ0n) is 21.8. The molecule has 38 heavy (non-hydrogen) atoms. The third-order valence-electron chi connectivity index (χ3n) is 5.65. The average molecular weight is 614 g/mol. The molecule has 3 aromatic carbocycles. The summed E-state index contributed by atoms with van der Waals surface area (Å²) < 4.78 is 12.8. The number of thioether (sulfide) groups is 1. The first kappa shape index (κ1) is 28.3. The molecule has 1 aliphatic heterocycles. The van der Waals surface area contributed by atoms with E-state index in [0.717, 1.165) is 21.3 Å². The second-order valence-electron chi connectivity index (χ2n) is 9.32. The third-order valence-corrected chi connectivity index (χ3v) is 7.60. The van der Waals surface area contributed by atoms with Crippen LogP contribution in [0.15, 0.2) is 75.0 Å². The maximum atomic E-state index is 13.4. The number of benzene rings is 3. The van der Waals surface area contributed by atoms with Gasteiger partial charge in [-0.2, -0.15) is 0 Å². The first-order valence-corrected chi connectivity index (χ1v) is 14.4. The highest BCUT2D eigenvalue weighted by molar-refractivity contribution is 9.10. The molecule has 8 heteroatoms. The maximum absolute atomic E-state index is 13.4. The third kappa shape index (κ3) is 7.22. The fourth-order valence-corrected chi connectivity index (χ4v) is 5.33. The molecule has 1 aliphatic rings. The molecule has 0 N–H and O–H groups in total. The van der Waals surface area contributed by atoms with Crippen molar-refractivity contribution < 1.29 is 14.3 Å². The van der Waals surface area contributed by atoms with E-state index in [9.17, 15) is 4.79 Å². The van der Waals surface area contributed by atoms with E-state index < -0.39 is 0 Å². The molecule has 0 bridgehead atoms. The molecule has 0 aliphatic carbocycles. The predicted molar refractivity (Wildman–Crippen MR) is 161 cm³/mol. The number of carbonyl (C=O) groups is 1. The number of halogens is 2. The molecule has 3 aromatic rings. The highest BCUT2D eigenvalue weighted by atomic mass is 79.9. The summed E-state index contributed by atoms with van der Waals surface area (Å²) in [6.45, 7) is 9.66.